The maximum atomic E-state index is 12.5. The minimum Gasteiger partial charge on any atom is -0.493 e. The Morgan fingerprint density at radius 1 is 1.37 bits per heavy atom. The molecule has 138 valence electrons. The zero-order valence-electron chi connectivity index (χ0n) is 15.7. The summed E-state index contributed by atoms with van der Waals surface area (Å²) in [4.78, 5) is 12.5. The summed E-state index contributed by atoms with van der Waals surface area (Å²) in [6.07, 6.45) is 2.47. The number of anilines is 1. The molecule has 27 heavy (non-hydrogen) atoms. The Labute approximate surface area is 159 Å². The van der Waals surface area contributed by atoms with Gasteiger partial charge in [-0.25, -0.2) is 0 Å². The monoisotopic (exact) mass is 362 g/mol. The van der Waals surface area contributed by atoms with E-state index in [1.807, 2.05) is 51.1 Å². The van der Waals surface area contributed by atoms with Gasteiger partial charge in [0, 0.05) is 23.2 Å². The summed E-state index contributed by atoms with van der Waals surface area (Å²) < 4.78 is 11.5. The molecule has 1 aliphatic heterocycles. The number of hydrogen-bond acceptors (Lipinski definition) is 4. The number of nitriles is 1. The molecule has 1 aliphatic rings. The number of amides is 1. The second kappa shape index (κ2) is 7.96. The van der Waals surface area contributed by atoms with E-state index in [0.29, 0.717) is 23.6 Å². The highest BCUT2D eigenvalue weighted by Crippen LogP contribution is 2.36. The second-order valence-corrected chi connectivity index (χ2v) is 6.55. The van der Waals surface area contributed by atoms with Gasteiger partial charge in [-0.1, -0.05) is 17.7 Å². The lowest BCUT2D eigenvalue weighted by molar-refractivity contribution is -0.112. The van der Waals surface area contributed by atoms with Crippen molar-refractivity contribution in [1.82, 2.24) is 0 Å². The zero-order valence-corrected chi connectivity index (χ0v) is 15.7. The average Bonchev–Trinajstić information content (AvgIpc) is 3.00. The zero-order chi connectivity index (χ0) is 19.4. The Bertz CT molecular complexity index is 924. The Kier molecular flexibility index (Phi) is 5.46. The summed E-state index contributed by atoms with van der Waals surface area (Å²) >= 11 is 0. The van der Waals surface area contributed by atoms with Gasteiger partial charge in [0.05, 0.1) is 6.61 Å². The minimum atomic E-state index is -0.460. The Balaban J connectivity index is 1.90. The molecular weight excluding hydrogens is 340 g/mol. The molecular formula is C22H22N2O3. The third-order valence-electron chi connectivity index (χ3n) is 4.30. The molecule has 0 aromatic heterocycles. The first kappa shape index (κ1) is 18.5. The largest absolute Gasteiger partial charge is 0.493 e. The summed E-state index contributed by atoms with van der Waals surface area (Å²) in [6, 6.07) is 13.2. The third kappa shape index (κ3) is 4.29. The normalized spacial score (nSPS) is 15.5. The third-order valence-corrected chi connectivity index (χ3v) is 4.30. The molecule has 1 amide bonds. The molecule has 1 unspecified atom stereocenters. The maximum Gasteiger partial charge on any atom is 0.266 e. The van der Waals surface area contributed by atoms with Crippen LogP contribution in [0.1, 0.15) is 30.5 Å². The van der Waals surface area contributed by atoms with Crippen LogP contribution in [0, 0.1) is 18.3 Å². The molecule has 0 fully saturated rings. The summed E-state index contributed by atoms with van der Waals surface area (Å²) in [7, 11) is 0. The lowest BCUT2D eigenvalue weighted by Gasteiger charge is -2.11. The first-order valence-electron chi connectivity index (χ1n) is 8.96. The first-order chi connectivity index (χ1) is 13.0. The van der Waals surface area contributed by atoms with Gasteiger partial charge in [0.2, 0.25) is 0 Å². The van der Waals surface area contributed by atoms with E-state index < -0.39 is 5.91 Å². The van der Waals surface area contributed by atoms with Gasteiger partial charge < -0.3 is 14.8 Å². The predicted octanol–water partition coefficient (Wildman–Crippen LogP) is 4.26. The van der Waals surface area contributed by atoms with Crippen LogP contribution in [0.3, 0.4) is 0 Å². The van der Waals surface area contributed by atoms with E-state index in [2.05, 4.69) is 5.32 Å². The van der Waals surface area contributed by atoms with E-state index >= 15 is 0 Å². The molecule has 5 heteroatoms. The van der Waals surface area contributed by atoms with Crippen LogP contribution in [0.2, 0.25) is 0 Å². The van der Waals surface area contributed by atoms with Gasteiger partial charge in [-0.3, -0.25) is 4.79 Å². The molecule has 0 saturated carbocycles. The molecule has 2 aromatic carbocycles. The quantitative estimate of drug-likeness (QED) is 0.637. The lowest BCUT2D eigenvalue weighted by Crippen LogP contribution is -2.13. The van der Waals surface area contributed by atoms with Crippen molar-refractivity contribution in [3.63, 3.8) is 0 Å². The van der Waals surface area contributed by atoms with E-state index in [1.165, 1.54) is 0 Å². The number of rotatable bonds is 5. The van der Waals surface area contributed by atoms with Crippen molar-refractivity contribution in [2.45, 2.75) is 33.3 Å². The topological polar surface area (TPSA) is 71.3 Å². The molecule has 3 rings (SSSR count). The molecule has 0 radical (unpaired) electrons. The van der Waals surface area contributed by atoms with E-state index in [4.69, 9.17) is 9.47 Å². The molecule has 0 bridgehead atoms. The molecule has 0 saturated heterocycles. The van der Waals surface area contributed by atoms with E-state index in [-0.39, 0.29) is 11.7 Å². The minimum absolute atomic E-state index is 0.00234. The van der Waals surface area contributed by atoms with Crippen LogP contribution >= 0.6 is 0 Å². The summed E-state index contributed by atoms with van der Waals surface area (Å²) in [5.41, 5.74) is 3.47. The molecule has 5 nitrogen and oxygen atoms in total. The van der Waals surface area contributed by atoms with Gasteiger partial charge in [0.15, 0.2) is 0 Å². The number of carbonyl (C=O) groups is 1. The second-order valence-electron chi connectivity index (χ2n) is 6.55. The fourth-order valence-corrected chi connectivity index (χ4v) is 2.99. The van der Waals surface area contributed by atoms with Crippen LogP contribution in [0.15, 0.2) is 42.0 Å². The lowest BCUT2D eigenvalue weighted by atomic mass is 10.0. The number of benzene rings is 2. The van der Waals surface area contributed by atoms with Gasteiger partial charge in [-0.2, -0.15) is 5.26 Å². The van der Waals surface area contributed by atoms with E-state index in [0.717, 1.165) is 23.3 Å². The van der Waals surface area contributed by atoms with Crippen molar-refractivity contribution in [3.05, 3.63) is 58.7 Å². The van der Waals surface area contributed by atoms with Crippen LogP contribution in [0.4, 0.5) is 5.69 Å². The van der Waals surface area contributed by atoms with Crippen molar-refractivity contribution >= 4 is 17.7 Å². The van der Waals surface area contributed by atoms with Crippen molar-refractivity contribution < 1.29 is 14.3 Å². The number of aryl methyl sites for hydroxylation is 1. The Morgan fingerprint density at radius 2 is 2.11 bits per heavy atom. The van der Waals surface area contributed by atoms with Gasteiger partial charge in [-0.05, 0) is 51.1 Å². The van der Waals surface area contributed by atoms with Crippen LogP contribution in [-0.4, -0.2) is 18.6 Å². The van der Waals surface area contributed by atoms with E-state index in [1.54, 1.807) is 18.2 Å². The first-order valence-corrected chi connectivity index (χ1v) is 8.96. The van der Waals surface area contributed by atoms with Crippen molar-refractivity contribution in [1.29, 1.82) is 5.26 Å². The number of hydrogen-bond donors (Lipinski definition) is 1. The van der Waals surface area contributed by atoms with Gasteiger partial charge in [0.1, 0.15) is 29.2 Å². The van der Waals surface area contributed by atoms with Gasteiger partial charge in [-0.15, -0.1) is 0 Å². The van der Waals surface area contributed by atoms with Crippen LogP contribution in [0.25, 0.3) is 6.08 Å². The molecule has 0 aliphatic carbocycles. The maximum absolute atomic E-state index is 12.5. The number of ether oxygens (including phenoxy) is 2. The molecule has 0 spiro atoms. The molecule has 1 heterocycles. The molecule has 1 atom stereocenters. The van der Waals surface area contributed by atoms with Crippen LogP contribution in [-0.2, 0) is 11.2 Å². The summed E-state index contributed by atoms with van der Waals surface area (Å²) in [5.74, 6) is 0.955. The van der Waals surface area contributed by atoms with E-state index in [9.17, 15) is 10.1 Å². The van der Waals surface area contributed by atoms with Crippen molar-refractivity contribution in [3.8, 4) is 17.6 Å². The van der Waals surface area contributed by atoms with Gasteiger partial charge in [0.25, 0.3) is 5.91 Å². The highest BCUT2D eigenvalue weighted by molar-refractivity contribution is 6.09. The molecule has 2 aromatic rings. The smallest absolute Gasteiger partial charge is 0.266 e. The molecule has 1 N–H and O–H groups in total. The summed E-state index contributed by atoms with van der Waals surface area (Å²) in [5, 5.41) is 12.2. The standard InChI is InChI=1S/C22H22N2O3/c1-4-26-20-11-16-9-15(3)27-21(16)12-17(20)10-18(13-23)22(25)24-19-7-5-14(2)6-8-19/h5-8,10-12,15H,4,9H2,1-3H3,(H,24,25). The van der Waals surface area contributed by atoms with Crippen molar-refractivity contribution in [2.24, 2.45) is 0 Å². The SMILES string of the molecule is CCOc1cc2c(cc1C=C(C#N)C(=O)Nc1ccc(C)cc1)OC(C)C2. The van der Waals surface area contributed by atoms with Crippen molar-refractivity contribution in [2.75, 3.05) is 11.9 Å². The fourth-order valence-electron chi connectivity index (χ4n) is 2.99. The number of nitrogens with zero attached hydrogens (tertiary/aromatic N) is 1. The Morgan fingerprint density at radius 3 is 2.78 bits per heavy atom. The number of fused-ring (bicyclic) bond motifs is 1. The summed E-state index contributed by atoms with van der Waals surface area (Å²) in [6.45, 7) is 6.37. The van der Waals surface area contributed by atoms with Crippen LogP contribution < -0.4 is 14.8 Å². The average molecular weight is 362 g/mol. The Hall–Kier alpha value is -3.26. The number of nitrogens with one attached hydrogen (secondary N) is 1. The number of carbonyl (C=O) groups excluding carboxylic acids is 1. The highest BCUT2D eigenvalue weighted by atomic mass is 16.5. The van der Waals surface area contributed by atoms with Crippen LogP contribution in [0.5, 0.6) is 11.5 Å². The fraction of sp³-hybridized carbons (Fsp3) is 0.273. The van der Waals surface area contributed by atoms with Gasteiger partial charge >= 0.3 is 0 Å². The predicted molar refractivity (Wildman–Crippen MR) is 105 cm³/mol. The highest BCUT2D eigenvalue weighted by Gasteiger charge is 2.22.